The molecule has 0 spiro atoms. The fourth-order valence-corrected chi connectivity index (χ4v) is 5.22. The summed E-state index contributed by atoms with van der Waals surface area (Å²) in [6.07, 6.45) is 4.73. The molecule has 0 aliphatic heterocycles. The highest BCUT2D eigenvalue weighted by atomic mass is 35.5. The highest BCUT2D eigenvalue weighted by molar-refractivity contribution is 6.35. The quantitative estimate of drug-likeness (QED) is 0.346. The first-order valence-corrected chi connectivity index (χ1v) is 13.3. The topological polar surface area (TPSA) is 49.4 Å². The Hall–Kier alpha value is -2.82. The number of hydrogen-bond acceptors (Lipinski definition) is 2. The number of nitrogens with zero attached hydrogens (tertiary/aromatic N) is 1. The third-order valence-electron chi connectivity index (χ3n) is 6.80. The van der Waals surface area contributed by atoms with Crippen LogP contribution in [0.4, 0.5) is 0 Å². The number of rotatable bonds is 9. The minimum Gasteiger partial charge on any atom is -0.352 e. The molecule has 36 heavy (non-hydrogen) atoms. The molecular weight excluding hydrogens is 491 g/mol. The van der Waals surface area contributed by atoms with Gasteiger partial charge < -0.3 is 10.2 Å². The van der Waals surface area contributed by atoms with Crippen molar-refractivity contribution in [1.29, 1.82) is 0 Å². The molecule has 1 saturated carbocycles. The SMILES string of the molecule is Cc1ccc(CN(C(=O)Cc2ccc(Cl)cc2Cl)[C@@H](Cc2ccccc2)C(=O)NC2CCCC2)cc1. The van der Waals surface area contributed by atoms with Crippen LogP contribution in [0.2, 0.25) is 10.0 Å². The number of nitrogens with one attached hydrogen (secondary N) is 1. The lowest BCUT2D eigenvalue weighted by Crippen LogP contribution is -2.52. The Bertz CT molecular complexity index is 1180. The zero-order valence-electron chi connectivity index (χ0n) is 20.6. The Kier molecular flexibility index (Phi) is 9.06. The summed E-state index contributed by atoms with van der Waals surface area (Å²) in [7, 11) is 0. The molecular formula is C30H32Cl2N2O2. The molecule has 1 atom stereocenters. The van der Waals surface area contributed by atoms with E-state index in [1.165, 1.54) is 0 Å². The molecule has 3 aromatic carbocycles. The molecule has 1 aliphatic rings. The third kappa shape index (κ3) is 7.11. The van der Waals surface area contributed by atoms with Crippen molar-refractivity contribution in [3.05, 3.63) is 105 Å². The van der Waals surface area contributed by atoms with E-state index in [1.807, 2.05) is 61.5 Å². The van der Waals surface area contributed by atoms with Crippen LogP contribution in [0.5, 0.6) is 0 Å². The van der Waals surface area contributed by atoms with Gasteiger partial charge in [-0.25, -0.2) is 0 Å². The third-order valence-corrected chi connectivity index (χ3v) is 7.39. The smallest absolute Gasteiger partial charge is 0.243 e. The van der Waals surface area contributed by atoms with E-state index >= 15 is 0 Å². The molecule has 1 aliphatic carbocycles. The maximum atomic E-state index is 13.8. The number of halogens is 2. The molecule has 6 heteroatoms. The van der Waals surface area contributed by atoms with Gasteiger partial charge in [-0.05, 0) is 48.6 Å². The van der Waals surface area contributed by atoms with E-state index in [0.717, 1.165) is 42.4 Å². The minimum atomic E-state index is -0.645. The predicted molar refractivity (Wildman–Crippen MR) is 146 cm³/mol. The van der Waals surface area contributed by atoms with Crippen LogP contribution in [0.25, 0.3) is 0 Å². The number of benzene rings is 3. The van der Waals surface area contributed by atoms with Crippen LogP contribution < -0.4 is 5.32 Å². The second-order valence-corrected chi connectivity index (χ2v) is 10.5. The summed E-state index contributed by atoms with van der Waals surface area (Å²) in [5.41, 5.74) is 3.82. The largest absolute Gasteiger partial charge is 0.352 e. The molecule has 1 fully saturated rings. The van der Waals surface area contributed by atoms with E-state index in [2.05, 4.69) is 5.32 Å². The lowest BCUT2D eigenvalue weighted by molar-refractivity contribution is -0.141. The van der Waals surface area contributed by atoms with Gasteiger partial charge >= 0.3 is 0 Å². The number of carbonyl (C=O) groups excluding carboxylic acids is 2. The van der Waals surface area contributed by atoms with Crippen molar-refractivity contribution in [2.24, 2.45) is 0 Å². The van der Waals surface area contributed by atoms with E-state index in [4.69, 9.17) is 23.2 Å². The first kappa shape index (κ1) is 26.2. The summed E-state index contributed by atoms with van der Waals surface area (Å²) in [6, 6.07) is 22.6. The highest BCUT2D eigenvalue weighted by Gasteiger charge is 2.32. The van der Waals surface area contributed by atoms with E-state index in [1.54, 1.807) is 23.1 Å². The molecule has 0 radical (unpaired) electrons. The van der Waals surface area contributed by atoms with Crippen LogP contribution in [0.3, 0.4) is 0 Å². The monoisotopic (exact) mass is 522 g/mol. The van der Waals surface area contributed by atoms with Crippen molar-refractivity contribution in [3.8, 4) is 0 Å². The summed E-state index contributed by atoms with van der Waals surface area (Å²) in [6.45, 7) is 2.36. The van der Waals surface area contributed by atoms with Crippen LogP contribution in [0.1, 0.15) is 47.9 Å². The van der Waals surface area contributed by atoms with E-state index < -0.39 is 6.04 Å². The van der Waals surface area contributed by atoms with Crippen molar-refractivity contribution in [2.45, 2.75) is 64.1 Å². The predicted octanol–water partition coefficient (Wildman–Crippen LogP) is 6.54. The second kappa shape index (κ2) is 12.4. The zero-order valence-corrected chi connectivity index (χ0v) is 22.1. The van der Waals surface area contributed by atoms with Crippen molar-refractivity contribution in [2.75, 3.05) is 0 Å². The van der Waals surface area contributed by atoms with Crippen LogP contribution in [0.15, 0.2) is 72.8 Å². The van der Waals surface area contributed by atoms with Crippen LogP contribution in [0, 0.1) is 6.92 Å². The summed E-state index contributed by atoms with van der Waals surface area (Å²) in [4.78, 5) is 29.3. The minimum absolute atomic E-state index is 0.0872. The summed E-state index contributed by atoms with van der Waals surface area (Å²) < 4.78 is 0. The number of aryl methyl sites for hydroxylation is 1. The Morgan fingerprint density at radius 2 is 1.64 bits per heavy atom. The molecule has 0 bridgehead atoms. The average molecular weight is 524 g/mol. The van der Waals surface area contributed by atoms with Crippen LogP contribution in [-0.4, -0.2) is 28.8 Å². The van der Waals surface area contributed by atoms with Gasteiger partial charge in [-0.15, -0.1) is 0 Å². The van der Waals surface area contributed by atoms with Crippen LogP contribution in [-0.2, 0) is 29.0 Å². The molecule has 0 unspecified atom stereocenters. The molecule has 1 N–H and O–H groups in total. The van der Waals surface area contributed by atoms with Crippen molar-refractivity contribution >= 4 is 35.0 Å². The van der Waals surface area contributed by atoms with Gasteiger partial charge in [-0.1, -0.05) is 102 Å². The maximum absolute atomic E-state index is 13.8. The first-order valence-electron chi connectivity index (χ1n) is 12.5. The van der Waals surface area contributed by atoms with Gasteiger partial charge in [0, 0.05) is 29.1 Å². The Labute approximate surface area is 223 Å². The Balaban J connectivity index is 1.66. The van der Waals surface area contributed by atoms with Gasteiger partial charge in [-0.2, -0.15) is 0 Å². The second-order valence-electron chi connectivity index (χ2n) is 9.62. The van der Waals surface area contributed by atoms with E-state index in [0.29, 0.717) is 28.6 Å². The summed E-state index contributed by atoms with van der Waals surface area (Å²) in [5, 5.41) is 4.20. The molecule has 4 nitrogen and oxygen atoms in total. The van der Waals surface area contributed by atoms with E-state index in [9.17, 15) is 9.59 Å². The van der Waals surface area contributed by atoms with Crippen molar-refractivity contribution < 1.29 is 9.59 Å². The standard InChI is InChI=1S/C30H32Cl2N2O2/c1-21-11-13-23(14-12-21)20-34(29(35)18-24-15-16-25(31)19-27(24)32)28(17-22-7-3-2-4-8-22)30(36)33-26-9-5-6-10-26/h2-4,7-8,11-16,19,26,28H,5-6,9-10,17-18,20H2,1H3,(H,33,36)/t28-/m0/s1. The van der Waals surface area contributed by atoms with Gasteiger partial charge in [0.15, 0.2) is 0 Å². The number of hydrogen-bond donors (Lipinski definition) is 1. The van der Waals surface area contributed by atoms with Crippen LogP contribution >= 0.6 is 23.2 Å². The molecule has 3 aromatic rings. The summed E-state index contributed by atoms with van der Waals surface area (Å²) in [5.74, 6) is -0.254. The molecule has 188 valence electrons. The maximum Gasteiger partial charge on any atom is 0.243 e. The molecule has 2 amide bonds. The number of carbonyl (C=O) groups is 2. The van der Waals surface area contributed by atoms with E-state index in [-0.39, 0.29) is 24.3 Å². The van der Waals surface area contributed by atoms with Gasteiger partial charge in [0.25, 0.3) is 0 Å². The van der Waals surface area contributed by atoms with Crippen molar-refractivity contribution in [3.63, 3.8) is 0 Å². The average Bonchev–Trinajstić information content (AvgIpc) is 3.38. The normalized spacial score (nSPS) is 14.4. The van der Waals surface area contributed by atoms with Gasteiger partial charge in [0.05, 0.1) is 6.42 Å². The molecule has 0 heterocycles. The highest BCUT2D eigenvalue weighted by Crippen LogP contribution is 2.24. The Morgan fingerprint density at radius 1 is 0.944 bits per heavy atom. The fourth-order valence-electron chi connectivity index (χ4n) is 4.74. The first-order chi connectivity index (χ1) is 17.4. The van der Waals surface area contributed by atoms with Gasteiger partial charge in [-0.3, -0.25) is 9.59 Å². The fraction of sp³-hybridized carbons (Fsp3) is 0.333. The molecule has 4 rings (SSSR count). The Morgan fingerprint density at radius 3 is 2.31 bits per heavy atom. The summed E-state index contributed by atoms with van der Waals surface area (Å²) >= 11 is 12.5. The number of amides is 2. The lowest BCUT2D eigenvalue weighted by Gasteiger charge is -2.32. The van der Waals surface area contributed by atoms with Crippen molar-refractivity contribution in [1.82, 2.24) is 10.2 Å². The van der Waals surface area contributed by atoms with Gasteiger partial charge in [0.2, 0.25) is 11.8 Å². The molecule has 0 saturated heterocycles. The van der Waals surface area contributed by atoms with Gasteiger partial charge in [0.1, 0.15) is 6.04 Å². The zero-order chi connectivity index (χ0) is 25.5. The molecule has 0 aromatic heterocycles. The lowest BCUT2D eigenvalue weighted by atomic mass is 10.0.